The molecule has 4 nitrogen and oxygen atoms in total. The maximum absolute atomic E-state index is 13.0. The smallest absolute Gasteiger partial charge is 0.334 e. The van der Waals surface area contributed by atoms with Crippen LogP contribution in [0.25, 0.3) is 0 Å². The molecule has 0 spiro atoms. The van der Waals surface area contributed by atoms with Crippen molar-refractivity contribution in [2.75, 3.05) is 0 Å². The lowest BCUT2D eigenvalue weighted by Crippen LogP contribution is -2.50. The highest BCUT2D eigenvalue weighted by molar-refractivity contribution is 5.99. The minimum atomic E-state index is -0.438. The molecule has 2 aliphatic carbocycles. The number of Topliss-reactive ketones (excluding diaryl/α,β-unsaturated/α-hetero) is 1. The first-order valence-electron chi connectivity index (χ1n) is 8.78. The minimum Gasteiger partial charge on any atom is -0.461 e. The Morgan fingerprint density at radius 1 is 1.42 bits per heavy atom. The molecule has 0 saturated heterocycles. The van der Waals surface area contributed by atoms with Gasteiger partial charge in [0.15, 0.2) is 5.76 Å². The average molecular weight is 330 g/mol. The number of fused-ring (bicyclic) bond motifs is 2. The van der Waals surface area contributed by atoms with E-state index in [2.05, 4.69) is 13.8 Å². The van der Waals surface area contributed by atoms with Crippen LogP contribution >= 0.6 is 0 Å². The fourth-order valence-corrected chi connectivity index (χ4v) is 4.39. The van der Waals surface area contributed by atoms with E-state index in [1.165, 1.54) is 0 Å². The predicted octanol–water partition coefficient (Wildman–Crippen LogP) is 4.78. The Morgan fingerprint density at radius 3 is 2.79 bits per heavy atom. The molecule has 1 heterocycles. The number of hydrogen-bond acceptors (Lipinski definition) is 4. The zero-order valence-electron chi connectivity index (χ0n) is 15.1. The molecule has 1 saturated carbocycles. The number of ether oxygens (including phenoxy) is 1. The van der Waals surface area contributed by atoms with Gasteiger partial charge in [-0.2, -0.15) is 0 Å². The third kappa shape index (κ3) is 2.27. The molecule has 4 heteroatoms. The summed E-state index contributed by atoms with van der Waals surface area (Å²) in [6.07, 6.45) is 5.82. The summed E-state index contributed by atoms with van der Waals surface area (Å²) in [7, 11) is 0. The summed E-state index contributed by atoms with van der Waals surface area (Å²) in [6.45, 7) is 9.77. The number of hydrogen-bond donors (Lipinski definition) is 0. The molecule has 1 aromatic heterocycles. The van der Waals surface area contributed by atoms with Crippen LogP contribution in [0, 0.1) is 24.2 Å². The molecular weight excluding hydrogens is 304 g/mol. The van der Waals surface area contributed by atoms with Gasteiger partial charge in [-0.25, -0.2) is 4.79 Å². The van der Waals surface area contributed by atoms with E-state index in [9.17, 15) is 9.59 Å². The number of allylic oxidation sites excluding steroid dienone is 1. The number of carbonyl (C=O) groups is 2. The van der Waals surface area contributed by atoms with E-state index in [1.807, 2.05) is 13.8 Å². The van der Waals surface area contributed by atoms with Crippen molar-refractivity contribution in [3.63, 3.8) is 0 Å². The first-order valence-corrected chi connectivity index (χ1v) is 8.78. The zero-order chi connectivity index (χ0) is 17.6. The normalized spacial score (nSPS) is 33.0. The lowest BCUT2D eigenvalue weighted by Gasteiger charge is -2.51. The van der Waals surface area contributed by atoms with Crippen molar-refractivity contribution in [3.05, 3.63) is 34.8 Å². The molecule has 1 fully saturated rings. The van der Waals surface area contributed by atoms with Crippen LogP contribution in [0.2, 0.25) is 0 Å². The molecule has 130 valence electrons. The summed E-state index contributed by atoms with van der Waals surface area (Å²) in [6, 6.07) is 0. The molecule has 0 aromatic carbocycles. The highest BCUT2D eigenvalue weighted by Crippen LogP contribution is 2.59. The molecule has 3 rings (SSSR count). The van der Waals surface area contributed by atoms with E-state index in [4.69, 9.17) is 9.15 Å². The van der Waals surface area contributed by atoms with Crippen LogP contribution in [0.1, 0.15) is 74.7 Å². The van der Waals surface area contributed by atoms with Gasteiger partial charge in [-0.1, -0.05) is 26.3 Å². The number of aryl methyl sites for hydroxylation is 1. The number of rotatable bonds is 2. The molecular formula is C20H26O4. The van der Waals surface area contributed by atoms with E-state index >= 15 is 0 Å². The molecule has 0 N–H and O–H groups in total. The lowest BCUT2D eigenvalue weighted by atomic mass is 9.54. The Hall–Kier alpha value is -1.84. The molecule has 0 aliphatic heterocycles. The Kier molecular flexibility index (Phi) is 4.18. The van der Waals surface area contributed by atoms with Gasteiger partial charge in [-0.3, -0.25) is 4.79 Å². The van der Waals surface area contributed by atoms with E-state index in [0.717, 1.165) is 30.4 Å². The van der Waals surface area contributed by atoms with Gasteiger partial charge >= 0.3 is 5.97 Å². The highest BCUT2D eigenvalue weighted by Gasteiger charge is 2.58. The topological polar surface area (TPSA) is 56.5 Å². The second-order valence-corrected chi connectivity index (χ2v) is 7.53. The summed E-state index contributed by atoms with van der Waals surface area (Å²) >= 11 is 0. The third-order valence-electron chi connectivity index (χ3n) is 6.31. The Bertz CT molecular complexity index is 711. The lowest BCUT2D eigenvalue weighted by molar-refractivity contribution is -0.161. The van der Waals surface area contributed by atoms with Crippen molar-refractivity contribution < 1.29 is 18.7 Å². The van der Waals surface area contributed by atoms with E-state index in [1.54, 1.807) is 19.3 Å². The first kappa shape index (κ1) is 17.0. The fourth-order valence-electron chi connectivity index (χ4n) is 4.39. The van der Waals surface area contributed by atoms with Gasteiger partial charge in [0.05, 0.1) is 6.26 Å². The molecule has 4 atom stereocenters. The number of esters is 1. The maximum Gasteiger partial charge on any atom is 0.334 e. The molecule has 1 aromatic rings. The third-order valence-corrected chi connectivity index (χ3v) is 6.31. The summed E-state index contributed by atoms with van der Waals surface area (Å²) in [5, 5.41) is 0. The van der Waals surface area contributed by atoms with Crippen LogP contribution < -0.4 is 0 Å². The van der Waals surface area contributed by atoms with Crippen molar-refractivity contribution in [2.24, 2.45) is 17.3 Å². The van der Waals surface area contributed by atoms with Crippen molar-refractivity contribution in [3.8, 4) is 0 Å². The Morgan fingerprint density at radius 2 is 2.12 bits per heavy atom. The molecule has 0 unspecified atom stereocenters. The fraction of sp³-hybridized carbons (Fsp3) is 0.600. The van der Waals surface area contributed by atoms with E-state index < -0.39 is 6.10 Å². The summed E-state index contributed by atoms with van der Waals surface area (Å²) in [4.78, 5) is 25.5. The van der Waals surface area contributed by atoms with Crippen LogP contribution in [0.15, 0.2) is 22.3 Å². The zero-order valence-corrected chi connectivity index (χ0v) is 15.1. The van der Waals surface area contributed by atoms with Crippen LogP contribution in [-0.2, 0) is 9.53 Å². The first-order chi connectivity index (χ1) is 11.3. The molecule has 0 bridgehead atoms. The van der Waals surface area contributed by atoms with Crippen LogP contribution in [0.4, 0.5) is 0 Å². The summed E-state index contributed by atoms with van der Waals surface area (Å²) < 4.78 is 11.6. The standard InChI is InChI=1S/C20H26O4/c1-6-11(2)19(22)24-18-15-12(3)10-23-17(15)16(21)14-9-7-8-13(4)20(14,18)5/h6,10,13-14,18H,7-9H2,1-5H3/b11-6-/t13-,14-,18+,20+/m0/s1. The second-order valence-electron chi connectivity index (χ2n) is 7.53. The van der Waals surface area contributed by atoms with Gasteiger partial charge in [0.2, 0.25) is 5.78 Å². The van der Waals surface area contributed by atoms with Gasteiger partial charge < -0.3 is 9.15 Å². The van der Waals surface area contributed by atoms with Gasteiger partial charge in [0.1, 0.15) is 6.10 Å². The molecule has 0 radical (unpaired) electrons. The maximum atomic E-state index is 13.0. The van der Waals surface area contributed by atoms with Gasteiger partial charge in [-0.15, -0.1) is 0 Å². The van der Waals surface area contributed by atoms with Crippen LogP contribution in [-0.4, -0.2) is 11.8 Å². The number of carbonyl (C=O) groups excluding carboxylic acids is 2. The van der Waals surface area contributed by atoms with Crippen LogP contribution in [0.5, 0.6) is 0 Å². The van der Waals surface area contributed by atoms with Gasteiger partial charge in [-0.05, 0) is 45.1 Å². The summed E-state index contributed by atoms with van der Waals surface area (Å²) in [5.41, 5.74) is 1.84. The SMILES string of the molecule is C/C=C(/C)C(=O)O[C@@H]1c2c(C)coc2C(=O)[C@@H]2CCC[C@H](C)[C@@]12C. The average Bonchev–Trinajstić information content (AvgIpc) is 2.94. The van der Waals surface area contributed by atoms with E-state index in [0.29, 0.717) is 17.3 Å². The Balaban J connectivity index is 2.14. The second kappa shape index (κ2) is 5.91. The highest BCUT2D eigenvalue weighted by atomic mass is 16.5. The molecule has 0 amide bonds. The number of ketones is 1. The largest absolute Gasteiger partial charge is 0.461 e. The Labute approximate surface area is 143 Å². The van der Waals surface area contributed by atoms with Crippen molar-refractivity contribution in [1.82, 2.24) is 0 Å². The summed E-state index contributed by atoms with van der Waals surface area (Å²) in [5.74, 6) is 0.290. The predicted molar refractivity (Wildman–Crippen MR) is 90.7 cm³/mol. The van der Waals surface area contributed by atoms with Crippen molar-refractivity contribution >= 4 is 11.8 Å². The molecule has 24 heavy (non-hydrogen) atoms. The monoisotopic (exact) mass is 330 g/mol. The number of furan rings is 1. The van der Waals surface area contributed by atoms with Crippen LogP contribution in [0.3, 0.4) is 0 Å². The van der Waals surface area contributed by atoms with E-state index in [-0.39, 0.29) is 23.1 Å². The minimum absolute atomic E-state index is 0.0715. The quantitative estimate of drug-likeness (QED) is 0.578. The van der Waals surface area contributed by atoms with Crippen molar-refractivity contribution in [1.29, 1.82) is 0 Å². The van der Waals surface area contributed by atoms with Crippen molar-refractivity contribution in [2.45, 2.75) is 60.0 Å². The van der Waals surface area contributed by atoms with Gasteiger partial charge in [0, 0.05) is 22.5 Å². The molecule has 2 aliphatic rings. The van der Waals surface area contributed by atoms with Gasteiger partial charge in [0.25, 0.3) is 0 Å².